The van der Waals surface area contributed by atoms with Crippen LogP contribution in [0.15, 0.2) is 48.8 Å². The van der Waals surface area contributed by atoms with Crippen LogP contribution in [-0.2, 0) is 0 Å². The van der Waals surface area contributed by atoms with Gasteiger partial charge in [-0.05, 0) is 13.0 Å². The molecule has 0 fully saturated rings. The smallest absolute Gasteiger partial charge is 0.106 e. The Hall–Kier alpha value is -1.08. The molecular formula is C14H20Si. The highest BCUT2D eigenvalue weighted by Gasteiger charge is 2.26. The van der Waals surface area contributed by atoms with Gasteiger partial charge >= 0.3 is 0 Å². The van der Waals surface area contributed by atoms with Crippen LogP contribution in [0.1, 0.15) is 18.9 Å². The largest absolute Gasteiger partial charge is 0.132 e. The Morgan fingerprint density at radius 2 is 1.67 bits per heavy atom. The summed E-state index contributed by atoms with van der Waals surface area (Å²) in [5.41, 5.74) is 5.61. The fourth-order valence-electron chi connectivity index (χ4n) is 1.95. The van der Waals surface area contributed by atoms with Crippen molar-refractivity contribution >= 4 is 13.3 Å². The average molecular weight is 216 g/mol. The second-order valence-corrected chi connectivity index (χ2v) is 8.04. The molecule has 0 aromatic heterocycles. The molecule has 80 valence electrons. The second kappa shape index (κ2) is 5.13. The molecule has 1 aromatic rings. The van der Waals surface area contributed by atoms with Crippen molar-refractivity contribution in [3.05, 3.63) is 54.4 Å². The van der Waals surface area contributed by atoms with Crippen molar-refractivity contribution in [3.8, 4) is 0 Å². The van der Waals surface area contributed by atoms with Gasteiger partial charge in [0.25, 0.3) is 0 Å². The number of hydrogen-bond acceptors (Lipinski definition) is 0. The maximum absolute atomic E-state index is 4.01. The Labute approximate surface area is 94.4 Å². The van der Waals surface area contributed by atoms with Crippen molar-refractivity contribution in [1.82, 2.24) is 0 Å². The summed E-state index contributed by atoms with van der Waals surface area (Å²) >= 11 is 0. The summed E-state index contributed by atoms with van der Waals surface area (Å²) in [5, 5.41) is 1.43. The van der Waals surface area contributed by atoms with E-state index in [2.05, 4.69) is 62.7 Å². The molecule has 0 saturated carbocycles. The van der Waals surface area contributed by atoms with Gasteiger partial charge in [-0.3, -0.25) is 0 Å². The predicted octanol–water partition coefficient (Wildman–Crippen LogP) is 3.51. The van der Waals surface area contributed by atoms with Gasteiger partial charge in [0.1, 0.15) is 8.07 Å². The molecule has 1 heteroatoms. The van der Waals surface area contributed by atoms with Gasteiger partial charge in [0, 0.05) is 0 Å². The SMILES string of the molecule is C=C[Si](C=C)(CCC)c1ccc(C)cc1. The van der Waals surface area contributed by atoms with Gasteiger partial charge in [0.2, 0.25) is 0 Å². The number of rotatable bonds is 5. The molecule has 1 aromatic carbocycles. The van der Waals surface area contributed by atoms with Crippen LogP contribution < -0.4 is 5.19 Å². The lowest BCUT2D eigenvalue weighted by molar-refractivity contribution is 1.06. The minimum absolute atomic E-state index is 1.19. The molecule has 0 aliphatic carbocycles. The molecule has 0 saturated heterocycles. The zero-order valence-corrected chi connectivity index (χ0v) is 10.8. The molecule has 0 unspecified atom stereocenters. The molecule has 0 aliphatic heterocycles. The fourth-order valence-corrected chi connectivity index (χ4v) is 4.89. The number of aryl methyl sites for hydroxylation is 1. The predicted molar refractivity (Wildman–Crippen MR) is 72.1 cm³/mol. The van der Waals surface area contributed by atoms with Gasteiger partial charge in [0.05, 0.1) is 0 Å². The third kappa shape index (κ3) is 2.48. The second-order valence-electron chi connectivity index (χ2n) is 4.06. The van der Waals surface area contributed by atoms with Crippen molar-refractivity contribution in [1.29, 1.82) is 0 Å². The summed E-state index contributed by atoms with van der Waals surface area (Å²) < 4.78 is 0. The first-order chi connectivity index (χ1) is 7.18. The van der Waals surface area contributed by atoms with E-state index < -0.39 is 8.07 Å². The highest BCUT2D eigenvalue weighted by molar-refractivity contribution is 6.99. The van der Waals surface area contributed by atoms with E-state index in [1.165, 1.54) is 23.2 Å². The fraction of sp³-hybridized carbons (Fsp3) is 0.286. The normalized spacial score (nSPS) is 11.1. The van der Waals surface area contributed by atoms with Gasteiger partial charge in [-0.1, -0.05) is 59.8 Å². The van der Waals surface area contributed by atoms with E-state index in [0.717, 1.165) is 0 Å². The van der Waals surface area contributed by atoms with Crippen LogP contribution >= 0.6 is 0 Å². The third-order valence-corrected chi connectivity index (χ3v) is 7.17. The van der Waals surface area contributed by atoms with Crippen LogP contribution in [0.2, 0.25) is 6.04 Å². The molecule has 0 radical (unpaired) electrons. The highest BCUT2D eigenvalue weighted by atomic mass is 28.3. The van der Waals surface area contributed by atoms with Crippen LogP contribution in [0.5, 0.6) is 0 Å². The molecule has 15 heavy (non-hydrogen) atoms. The molecule has 0 nitrogen and oxygen atoms in total. The molecule has 0 aliphatic rings. The lowest BCUT2D eigenvalue weighted by Gasteiger charge is -2.24. The van der Waals surface area contributed by atoms with Gasteiger partial charge in [0.15, 0.2) is 0 Å². The lowest BCUT2D eigenvalue weighted by Crippen LogP contribution is -2.44. The van der Waals surface area contributed by atoms with Gasteiger partial charge < -0.3 is 0 Å². The Bertz CT molecular complexity index is 327. The maximum atomic E-state index is 4.01. The summed E-state index contributed by atoms with van der Waals surface area (Å²) in [6.07, 6.45) is 1.19. The van der Waals surface area contributed by atoms with Gasteiger partial charge in [-0.2, -0.15) is 0 Å². The Kier molecular flexibility index (Phi) is 4.10. The van der Waals surface area contributed by atoms with E-state index >= 15 is 0 Å². The lowest BCUT2D eigenvalue weighted by atomic mass is 10.2. The molecule has 0 bridgehead atoms. The van der Waals surface area contributed by atoms with E-state index in [4.69, 9.17) is 0 Å². The van der Waals surface area contributed by atoms with Crippen molar-refractivity contribution in [2.75, 3.05) is 0 Å². The first kappa shape index (κ1) is 12.0. The maximum Gasteiger partial charge on any atom is 0.132 e. The van der Waals surface area contributed by atoms with Crippen molar-refractivity contribution in [2.24, 2.45) is 0 Å². The molecule has 0 amide bonds. The molecule has 0 heterocycles. The first-order valence-corrected chi connectivity index (χ1v) is 7.89. The summed E-state index contributed by atoms with van der Waals surface area (Å²) in [4.78, 5) is 0. The Balaban J connectivity index is 3.13. The summed E-state index contributed by atoms with van der Waals surface area (Å²) in [7, 11) is -1.61. The molecule has 0 spiro atoms. The molecule has 0 atom stereocenters. The molecular weight excluding hydrogens is 196 g/mol. The summed E-state index contributed by atoms with van der Waals surface area (Å²) in [6, 6.07) is 10.0. The number of benzene rings is 1. The van der Waals surface area contributed by atoms with E-state index in [1.807, 2.05) is 0 Å². The zero-order valence-electron chi connectivity index (χ0n) is 9.79. The van der Waals surface area contributed by atoms with Crippen LogP contribution in [0.25, 0.3) is 0 Å². The minimum atomic E-state index is -1.61. The quantitative estimate of drug-likeness (QED) is 0.661. The van der Waals surface area contributed by atoms with E-state index in [1.54, 1.807) is 0 Å². The average Bonchev–Trinajstić information content (AvgIpc) is 2.27. The van der Waals surface area contributed by atoms with Crippen LogP contribution in [0, 0.1) is 6.92 Å². The van der Waals surface area contributed by atoms with Crippen molar-refractivity contribution < 1.29 is 0 Å². The van der Waals surface area contributed by atoms with Gasteiger partial charge in [-0.25, -0.2) is 0 Å². The van der Waals surface area contributed by atoms with Crippen molar-refractivity contribution in [3.63, 3.8) is 0 Å². The van der Waals surface area contributed by atoms with Crippen LogP contribution in [0.3, 0.4) is 0 Å². The Morgan fingerprint density at radius 3 is 2.07 bits per heavy atom. The van der Waals surface area contributed by atoms with Gasteiger partial charge in [-0.15, -0.1) is 13.2 Å². The zero-order chi connectivity index (χ0) is 11.3. The Morgan fingerprint density at radius 1 is 1.13 bits per heavy atom. The van der Waals surface area contributed by atoms with Crippen LogP contribution in [-0.4, -0.2) is 8.07 Å². The summed E-state index contributed by atoms with van der Waals surface area (Å²) in [5.74, 6) is 0. The number of hydrogen-bond donors (Lipinski definition) is 0. The third-order valence-electron chi connectivity index (χ3n) is 2.98. The first-order valence-electron chi connectivity index (χ1n) is 5.53. The van der Waals surface area contributed by atoms with E-state index in [-0.39, 0.29) is 0 Å². The standard InChI is InChI=1S/C14H20Si/c1-5-12-15(6-2,7-3)14-10-8-13(4)9-11-14/h6-11H,2-3,5,12H2,1,4H3. The monoisotopic (exact) mass is 216 g/mol. The van der Waals surface area contributed by atoms with Crippen LogP contribution in [0.4, 0.5) is 0 Å². The van der Waals surface area contributed by atoms with E-state index in [0.29, 0.717) is 0 Å². The highest BCUT2D eigenvalue weighted by Crippen LogP contribution is 2.15. The molecule has 0 N–H and O–H groups in total. The minimum Gasteiger partial charge on any atom is -0.106 e. The topological polar surface area (TPSA) is 0 Å². The molecule has 1 rings (SSSR count). The van der Waals surface area contributed by atoms with Crippen molar-refractivity contribution in [2.45, 2.75) is 26.3 Å². The summed E-state index contributed by atoms with van der Waals surface area (Å²) in [6.45, 7) is 12.4. The van der Waals surface area contributed by atoms with E-state index in [9.17, 15) is 0 Å².